The van der Waals surface area contributed by atoms with Crippen LogP contribution in [-0.2, 0) is 9.53 Å². The van der Waals surface area contributed by atoms with Gasteiger partial charge in [-0.25, -0.2) is 5.48 Å². The molecule has 1 aromatic carbocycles. The van der Waals surface area contributed by atoms with Crippen LogP contribution in [0.4, 0.5) is 18.9 Å². The van der Waals surface area contributed by atoms with Crippen LogP contribution in [0, 0.1) is 11.8 Å². The Morgan fingerprint density at radius 2 is 2.00 bits per heavy atom. The van der Waals surface area contributed by atoms with Crippen LogP contribution in [0.5, 0.6) is 5.75 Å². The highest BCUT2D eigenvalue weighted by Crippen LogP contribution is 2.36. The average molecular weight is 388 g/mol. The van der Waals surface area contributed by atoms with Crippen LogP contribution in [0.3, 0.4) is 0 Å². The topological polar surface area (TPSA) is 71.0 Å². The van der Waals surface area contributed by atoms with Crippen molar-refractivity contribution in [2.45, 2.75) is 44.7 Å². The minimum absolute atomic E-state index is 0.0371. The number of nitrogens with one attached hydrogen (secondary N) is 1. The van der Waals surface area contributed by atoms with Crippen LogP contribution in [-0.4, -0.2) is 42.8 Å². The molecule has 150 valence electrons. The standard InChI is InChI=1S/C18H23F3N2O4/c1-11-10-26-16-8-12(17(24)22-25)2-3-13(16)9-23(11)14-4-6-15(7-5-14)27-18(19,20)21/h4-7,11-13,16,25H,2-3,8-10H2,1H3,(H,22,24)/t11-,12?,13?,16?/m0/s1. The van der Waals surface area contributed by atoms with Crippen molar-refractivity contribution in [2.24, 2.45) is 11.8 Å². The molecule has 0 spiro atoms. The van der Waals surface area contributed by atoms with Crippen LogP contribution in [0.15, 0.2) is 24.3 Å². The zero-order valence-corrected chi connectivity index (χ0v) is 14.9. The largest absolute Gasteiger partial charge is 0.573 e. The number of fused-ring (bicyclic) bond motifs is 1. The quantitative estimate of drug-likeness (QED) is 0.615. The predicted molar refractivity (Wildman–Crippen MR) is 90.4 cm³/mol. The van der Waals surface area contributed by atoms with Crippen molar-refractivity contribution in [3.8, 4) is 5.75 Å². The Labute approximate surface area is 155 Å². The van der Waals surface area contributed by atoms with Crippen LogP contribution in [0.2, 0.25) is 0 Å². The molecule has 2 aliphatic rings. The Bertz CT molecular complexity index is 653. The normalized spacial score (nSPS) is 28.9. The molecule has 1 aliphatic heterocycles. The van der Waals surface area contributed by atoms with Gasteiger partial charge in [0.25, 0.3) is 0 Å². The van der Waals surface area contributed by atoms with E-state index in [1.54, 1.807) is 17.6 Å². The van der Waals surface area contributed by atoms with Gasteiger partial charge in [-0.15, -0.1) is 13.2 Å². The summed E-state index contributed by atoms with van der Waals surface area (Å²) < 4.78 is 46.9. The molecule has 0 aromatic heterocycles. The highest BCUT2D eigenvalue weighted by Gasteiger charge is 2.38. The van der Waals surface area contributed by atoms with E-state index in [4.69, 9.17) is 9.94 Å². The van der Waals surface area contributed by atoms with Crippen LogP contribution in [0.25, 0.3) is 0 Å². The summed E-state index contributed by atoms with van der Waals surface area (Å²) in [5.41, 5.74) is 2.52. The van der Waals surface area contributed by atoms with E-state index in [1.165, 1.54) is 12.1 Å². The van der Waals surface area contributed by atoms with Gasteiger partial charge in [0.05, 0.1) is 12.7 Å². The van der Waals surface area contributed by atoms with Crippen molar-refractivity contribution in [1.29, 1.82) is 0 Å². The molecule has 9 heteroatoms. The number of amides is 1. The van der Waals surface area contributed by atoms with Gasteiger partial charge in [-0.1, -0.05) is 0 Å². The predicted octanol–water partition coefficient (Wildman–Crippen LogP) is 3.10. The van der Waals surface area contributed by atoms with Gasteiger partial charge in [-0.2, -0.15) is 0 Å². The van der Waals surface area contributed by atoms with E-state index in [-0.39, 0.29) is 35.6 Å². The molecule has 6 nitrogen and oxygen atoms in total. The maximum Gasteiger partial charge on any atom is 0.573 e. The fourth-order valence-corrected chi connectivity index (χ4v) is 3.92. The number of anilines is 1. The Morgan fingerprint density at radius 3 is 2.63 bits per heavy atom. The summed E-state index contributed by atoms with van der Waals surface area (Å²) in [6.07, 6.45) is -2.80. The van der Waals surface area contributed by atoms with Gasteiger partial charge >= 0.3 is 6.36 Å². The highest BCUT2D eigenvalue weighted by molar-refractivity contribution is 5.77. The first kappa shape index (κ1) is 19.8. The summed E-state index contributed by atoms with van der Waals surface area (Å²) >= 11 is 0. The smallest absolute Gasteiger partial charge is 0.406 e. The second kappa shape index (κ2) is 7.93. The molecule has 4 atom stereocenters. The molecule has 0 bridgehead atoms. The molecule has 1 amide bonds. The van der Waals surface area contributed by atoms with Gasteiger partial charge in [-0.05, 0) is 50.5 Å². The molecule has 1 heterocycles. The van der Waals surface area contributed by atoms with Gasteiger partial charge in [0, 0.05) is 30.1 Å². The average Bonchev–Trinajstić information content (AvgIpc) is 2.79. The first-order valence-corrected chi connectivity index (χ1v) is 8.95. The van der Waals surface area contributed by atoms with Crippen LogP contribution in [0.1, 0.15) is 26.2 Å². The fraction of sp³-hybridized carbons (Fsp3) is 0.611. The number of alkyl halides is 3. The Kier molecular flexibility index (Phi) is 5.81. The third-order valence-electron chi connectivity index (χ3n) is 5.33. The third kappa shape index (κ3) is 4.84. The van der Waals surface area contributed by atoms with E-state index in [9.17, 15) is 18.0 Å². The van der Waals surface area contributed by atoms with Crippen LogP contribution >= 0.6 is 0 Å². The molecule has 27 heavy (non-hydrogen) atoms. The number of carbonyl (C=O) groups is 1. The number of benzene rings is 1. The monoisotopic (exact) mass is 388 g/mol. The number of hydrogen-bond acceptors (Lipinski definition) is 5. The van der Waals surface area contributed by atoms with E-state index in [1.807, 2.05) is 6.92 Å². The van der Waals surface area contributed by atoms with Gasteiger partial charge in [0.1, 0.15) is 5.75 Å². The summed E-state index contributed by atoms with van der Waals surface area (Å²) in [4.78, 5) is 13.8. The Hall–Kier alpha value is -2.00. The van der Waals surface area contributed by atoms with Gasteiger partial charge < -0.3 is 14.4 Å². The molecule has 2 N–H and O–H groups in total. The maximum atomic E-state index is 12.3. The second-order valence-electron chi connectivity index (χ2n) is 7.16. The third-order valence-corrected chi connectivity index (χ3v) is 5.33. The molecule has 1 saturated heterocycles. The minimum atomic E-state index is -4.71. The fourth-order valence-electron chi connectivity index (χ4n) is 3.92. The molecular weight excluding hydrogens is 365 g/mol. The lowest BCUT2D eigenvalue weighted by atomic mass is 9.79. The summed E-state index contributed by atoms with van der Waals surface area (Å²) in [7, 11) is 0. The first-order chi connectivity index (χ1) is 12.8. The van der Waals surface area contributed by atoms with Crippen molar-refractivity contribution in [2.75, 3.05) is 18.1 Å². The van der Waals surface area contributed by atoms with E-state index in [2.05, 4.69) is 9.64 Å². The Morgan fingerprint density at radius 1 is 1.30 bits per heavy atom. The highest BCUT2D eigenvalue weighted by atomic mass is 19.4. The molecule has 3 unspecified atom stereocenters. The lowest BCUT2D eigenvalue weighted by Gasteiger charge is -2.35. The lowest BCUT2D eigenvalue weighted by molar-refractivity contribution is -0.274. The molecular formula is C18H23F3N2O4. The lowest BCUT2D eigenvalue weighted by Crippen LogP contribution is -2.41. The molecule has 3 rings (SSSR count). The summed E-state index contributed by atoms with van der Waals surface area (Å²) in [6.45, 7) is 3.14. The zero-order chi connectivity index (χ0) is 19.6. The SMILES string of the molecule is C[C@H]1COC2CC(C(=O)NO)CCC2CN1c1ccc(OC(F)(F)F)cc1. The molecule has 2 fully saturated rings. The second-order valence-corrected chi connectivity index (χ2v) is 7.16. The number of hydrogen-bond donors (Lipinski definition) is 2. The van der Waals surface area contributed by atoms with E-state index in [0.29, 0.717) is 26.0 Å². The van der Waals surface area contributed by atoms with Gasteiger partial charge in [-0.3, -0.25) is 10.0 Å². The number of ether oxygens (including phenoxy) is 2. The minimum Gasteiger partial charge on any atom is -0.406 e. The molecule has 1 aromatic rings. The van der Waals surface area contributed by atoms with Crippen molar-refractivity contribution in [1.82, 2.24) is 5.48 Å². The van der Waals surface area contributed by atoms with Crippen molar-refractivity contribution < 1.29 is 32.6 Å². The zero-order valence-electron chi connectivity index (χ0n) is 14.9. The van der Waals surface area contributed by atoms with E-state index < -0.39 is 6.36 Å². The van der Waals surface area contributed by atoms with Gasteiger partial charge in [0.15, 0.2) is 0 Å². The molecule has 1 aliphatic carbocycles. The number of rotatable bonds is 3. The van der Waals surface area contributed by atoms with Crippen molar-refractivity contribution >= 4 is 11.6 Å². The molecule has 0 radical (unpaired) electrons. The summed E-state index contributed by atoms with van der Waals surface area (Å²) in [5, 5.41) is 8.84. The van der Waals surface area contributed by atoms with Crippen molar-refractivity contribution in [3.63, 3.8) is 0 Å². The number of hydroxylamine groups is 1. The number of carbonyl (C=O) groups excluding carboxylic acids is 1. The number of nitrogens with zero attached hydrogens (tertiary/aromatic N) is 1. The maximum absolute atomic E-state index is 12.3. The van der Waals surface area contributed by atoms with Gasteiger partial charge in [0.2, 0.25) is 5.91 Å². The van der Waals surface area contributed by atoms with Crippen molar-refractivity contribution in [3.05, 3.63) is 24.3 Å². The number of halogens is 3. The van der Waals surface area contributed by atoms with E-state index >= 15 is 0 Å². The van der Waals surface area contributed by atoms with E-state index in [0.717, 1.165) is 12.1 Å². The summed E-state index contributed by atoms with van der Waals surface area (Å²) in [5.74, 6) is -0.689. The molecule has 1 saturated carbocycles. The first-order valence-electron chi connectivity index (χ1n) is 8.95. The van der Waals surface area contributed by atoms with Crippen LogP contribution < -0.4 is 15.1 Å². The Balaban J connectivity index is 1.69. The summed E-state index contributed by atoms with van der Waals surface area (Å²) in [6, 6.07) is 5.88.